The van der Waals surface area contributed by atoms with Crippen LogP contribution in [0.3, 0.4) is 0 Å². The number of rotatable bonds is 8. The quantitative estimate of drug-likeness (QED) is 0.345. The van der Waals surface area contributed by atoms with Gasteiger partial charge in [0.2, 0.25) is 0 Å². The number of hydrogen-bond donors (Lipinski definition) is 0. The number of fused-ring (bicyclic) bond motifs is 1. The summed E-state index contributed by atoms with van der Waals surface area (Å²) in [6.07, 6.45) is 10.2. The first-order chi connectivity index (χ1) is 14.6. The number of unbranched alkanes of at least 4 members (excludes halogenated alkanes) is 2. The molecule has 0 N–H and O–H groups in total. The van der Waals surface area contributed by atoms with Crippen LogP contribution in [0.2, 0.25) is 0 Å². The molecule has 1 aromatic carbocycles. The van der Waals surface area contributed by atoms with Gasteiger partial charge < -0.3 is 0 Å². The van der Waals surface area contributed by atoms with Gasteiger partial charge in [0.1, 0.15) is 12.1 Å². The second-order valence-electron chi connectivity index (χ2n) is 6.76. The zero-order valence-corrected chi connectivity index (χ0v) is 22.5. The molecule has 0 unspecified atom stereocenters. The minimum Gasteiger partial charge on any atom is -0.192 e. The first-order valence-electron chi connectivity index (χ1n) is 9.93. The second-order valence-corrected chi connectivity index (χ2v) is 13.5. The van der Waals surface area contributed by atoms with E-state index in [0.29, 0.717) is 11.1 Å². The third-order valence-electron chi connectivity index (χ3n) is 4.86. The zero-order valence-electron chi connectivity index (χ0n) is 17.6. The van der Waals surface area contributed by atoms with Crippen molar-refractivity contribution in [3.63, 3.8) is 0 Å². The van der Waals surface area contributed by atoms with Gasteiger partial charge in [-0.2, -0.15) is 10.5 Å². The van der Waals surface area contributed by atoms with Gasteiger partial charge in [0.05, 0.1) is 28.1 Å². The van der Waals surface area contributed by atoms with Crippen LogP contribution in [0.15, 0.2) is 26.7 Å². The summed E-state index contributed by atoms with van der Waals surface area (Å²) in [7, 11) is 0. The maximum absolute atomic E-state index is 9.97. The van der Waals surface area contributed by atoms with Crippen LogP contribution in [0.1, 0.15) is 61.8 Å². The SMILES string of the molecule is CCCCc1c(C#N)c(C#N)c(CCCC)c2c1SC(=C1SC(SC)=C(SC)S1)S2. The molecule has 0 saturated heterocycles. The summed E-state index contributed by atoms with van der Waals surface area (Å²) in [5.74, 6) is 0. The van der Waals surface area contributed by atoms with Crippen molar-refractivity contribution in [3.8, 4) is 12.1 Å². The van der Waals surface area contributed by atoms with Crippen molar-refractivity contribution in [1.29, 1.82) is 10.5 Å². The van der Waals surface area contributed by atoms with Gasteiger partial charge in [0.15, 0.2) is 0 Å². The maximum atomic E-state index is 9.97. The Hall–Kier alpha value is -0.220. The number of benzene rings is 1. The van der Waals surface area contributed by atoms with Crippen LogP contribution in [0.4, 0.5) is 0 Å². The Balaban J connectivity index is 2.12. The summed E-state index contributed by atoms with van der Waals surface area (Å²) in [6, 6.07) is 4.80. The molecule has 0 saturated carbocycles. The fourth-order valence-electron chi connectivity index (χ4n) is 3.35. The van der Waals surface area contributed by atoms with Gasteiger partial charge in [-0.05, 0) is 49.3 Å². The largest absolute Gasteiger partial charge is 0.192 e. The molecule has 2 aliphatic rings. The molecule has 3 rings (SSSR count). The van der Waals surface area contributed by atoms with Crippen molar-refractivity contribution >= 4 is 70.6 Å². The normalized spacial score (nSPS) is 15.5. The van der Waals surface area contributed by atoms with Crippen molar-refractivity contribution < 1.29 is 0 Å². The van der Waals surface area contributed by atoms with Crippen LogP contribution in [0.5, 0.6) is 0 Å². The fourth-order valence-corrected chi connectivity index (χ4v) is 11.5. The summed E-state index contributed by atoms with van der Waals surface area (Å²) >= 11 is 11.0. The standard InChI is InChI=1S/C22H24N2S6/c1-5-7-9-13-15(11-23)16(12-24)14(10-8-6-2)18-17(13)27-21(28-18)22-29-19(25-3)20(26-4)30-22/h5-10H2,1-4H3. The van der Waals surface area contributed by atoms with Crippen molar-refractivity contribution in [2.24, 2.45) is 0 Å². The van der Waals surface area contributed by atoms with Crippen molar-refractivity contribution in [2.45, 2.75) is 62.2 Å². The lowest BCUT2D eigenvalue weighted by Crippen LogP contribution is -2.04. The van der Waals surface area contributed by atoms with E-state index in [2.05, 4.69) is 38.5 Å². The molecule has 2 nitrogen and oxygen atoms in total. The average Bonchev–Trinajstić information content (AvgIpc) is 3.39. The third kappa shape index (κ3) is 4.90. The number of thioether (sulfide) groups is 6. The zero-order chi connectivity index (χ0) is 21.7. The molecule has 30 heavy (non-hydrogen) atoms. The van der Waals surface area contributed by atoms with Crippen LogP contribution >= 0.6 is 70.6 Å². The van der Waals surface area contributed by atoms with E-state index in [1.54, 1.807) is 0 Å². The molecule has 0 aromatic heterocycles. The highest BCUT2D eigenvalue weighted by molar-refractivity contribution is 8.41. The van der Waals surface area contributed by atoms with Gasteiger partial charge in [0.25, 0.3) is 0 Å². The average molecular weight is 509 g/mol. The molecule has 8 heteroatoms. The van der Waals surface area contributed by atoms with Gasteiger partial charge >= 0.3 is 0 Å². The van der Waals surface area contributed by atoms with Crippen LogP contribution in [-0.4, -0.2) is 12.5 Å². The highest BCUT2D eigenvalue weighted by Crippen LogP contribution is 2.65. The van der Waals surface area contributed by atoms with E-state index >= 15 is 0 Å². The molecule has 0 bridgehead atoms. The van der Waals surface area contributed by atoms with E-state index in [9.17, 15) is 10.5 Å². The molecular formula is C22H24N2S6. The van der Waals surface area contributed by atoms with Gasteiger partial charge in [-0.15, -0.1) is 23.5 Å². The first kappa shape index (κ1) is 24.4. The van der Waals surface area contributed by atoms with Crippen molar-refractivity contribution in [2.75, 3.05) is 12.5 Å². The van der Waals surface area contributed by atoms with Crippen molar-refractivity contribution in [1.82, 2.24) is 0 Å². The Labute approximate surface area is 205 Å². The lowest BCUT2D eigenvalue weighted by atomic mass is 9.92. The molecule has 2 heterocycles. The second kappa shape index (κ2) is 11.6. The van der Waals surface area contributed by atoms with Gasteiger partial charge in [-0.25, -0.2) is 0 Å². The third-order valence-corrected chi connectivity index (χ3v) is 13.3. The fraction of sp³-hybridized carbons (Fsp3) is 0.455. The lowest BCUT2D eigenvalue weighted by Gasteiger charge is -2.16. The summed E-state index contributed by atoms with van der Waals surface area (Å²) < 4.78 is 5.40. The molecule has 2 aliphatic heterocycles. The molecule has 158 valence electrons. The molecule has 0 spiro atoms. The highest BCUT2D eigenvalue weighted by Gasteiger charge is 2.33. The van der Waals surface area contributed by atoms with E-state index in [4.69, 9.17) is 0 Å². The highest BCUT2D eigenvalue weighted by atomic mass is 32.3. The first-order valence-corrected chi connectivity index (χ1v) is 15.6. The predicted octanol–water partition coefficient (Wildman–Crippen LogP) is 8.77. The Bertz CT molecular complexity index is 906. The Morgan fingerprint density at radius 3 is 1.43 bits per heavy atom. The van der Waals surface area contributed by atoms with Gasteiger partial charge in [0, 0.05) is 9.79 Å². The van der Waals surface area contributed by atoms with E-state index in [1.165, 1.54) is 26.7 Å². The summed E-state index contributed by atoms with van der Waals surface area (Å²) in [6.45, 7) is 4.35. The Kier molecular flexibility index (Phi) is 9.43. The number of nitrogens with zero attached hydrogens (tertiary/aromatic N) is 2. The van der Waals surface area contributed by atoms with Crippen LogP contribution < -0.4 is 0 Å². The minimum absolute atomic E-state index is 0.620. The van der Waals surface area contributed by atoms with Gasteiger partial charge in [-0.3, -0.25) is 0 Å². The van der Waals surface area contributed by atoms with Gasteiger partial charge in [-0.1, -0.05) is 73.7 Å². The van der Waals surface area contributed by atoms with Crippen molar-refractivity contribution in [3.05, 3.63) is 39.2 Å². The molecule has 0 fully saturated rings. The van der Waals surface area contributed by atoms with Crippen LogP contribution in [0.25, 0.3) is 0 Å². The van der Waals surface area contributed by atoms with E-state index in [0.717, 1.165) is 49.7 Å². The molecule has 0 atom stereocenters. The minimum atomic E-state index is 0.620. The summed E-state index contributed by atoms with van der Waals surface area (Å²) in [4.78, 5) is 2.48. The van der Waals surface area contributed by atoms with Crippen LogP contribution in [-0.2, 0) is 12.8 Å². The Morgan fingerprint density at radius 2 is 1.10 bits per heavy atom. The Morgan fingerprint density at radius 1 is 0.700 bits per heavy atom. The monoisotopic (exact) mass is 508 g/mol. The summed E-state index contributed by atoms with van der Waals surface area (Å²) in [5.41, 5.74) is 3.43. The summed E-state index contributed by atoms with van der Waals surface area (Å²) in [5, 5.41) is 19.9. The lowest BCUT2D eigenvalue weighted by molar-refractivity contribution is 0.758. The predicted molar refractivity (Wildman–Crippen MR) is 141 cm³/mol. The maximum Gasteiger partial charge on any atom is 0.101 e. The molecular weight excluding hydrogens is 485 g/mol. The molecule has 0 radical (unpaired) electrons. The smallest absolute Gasteiger partial charge is 0.101 e. The number of nitriles is 2. The molecule has 1 aromatic rings. The van der Waals surface area contributed by atoms with Crippen LogP contribution in [0, 0.1) is 22.7 Å². The van der Waals surface area contributed by atoms with E-state index in [1.807, 2.05) is 70.6 Å². The van der Waals surface area contributed by atoms with E-state index < -0.39 is 0 Å². The topological polar surface area (TPSA) is 47.6 Å². The molecule has 0 aliphatic carbocycles. The molecule has 0 amide bonds. The van der Waals surface area contributed by atoms with E-state index in [-0.39, 0.29) is 0 Å². The number of hydrogen-bond acceptors (Lipinski definition) is 8.